The summed E-state index contributed by atoms with van der Waals surface area (Å²) in [6.07, 6.45) is 2.05. The van der Waals surface area contributed by atoms with E-state index in [0.717, 1.165) is 16.8 Å². The van der Waals surface area contributed by atoms with Gasteiger partial charge in [0.15, 0.2) is 15.5 Å². The standard InChI is InChI=1S/C21H23N3O4S/c1-14-5-6-16(10-15(14)2)20-11-19(21(25)22-12-18-4-3-8-28-18)23-24(20)17-7-9-29(26,27)13-17/h3-6,8,10-11,17H,7,9,12-13H2,1-2H3,(H,22,25)/t17-/m0/s1. The minimum atomic E-state index is -3.08. The zero-order valence-electron chi connectivity index (χ0n) is 16.4. The second-order valence-electron chi connectivity index (χ2n) is 7.48. The molecule has 1 atom stereocenters. The molecule has 0 bridgehead atoms. The van der Waals surface area contributed by atoms with Gasteiger partial charge in [0, 0.05) is 5.56 Å². The van der Waals surface area contributed by atoms with Crippen molar-refractivity contribution in [2.24, 2.45) is 0 Å². The molecule has 0 saturated carbocycles. The molecule has 1 fully saturated rings. The Morgan fingerprint density at radius 3 is 2.72 bits per heavy atom. The van der Waals surface area contributed by atoms with Gasteiger partial charge in [-0.2, -0.15) is 5.10 Å². The first kappa shape index (κ1) is 19.4. The zero-order valence-corrected chi connectivity index (χ0v) is 17.2. The SMILES string of the molecule is Cc1ccc(-c2cc(C(=O)NCc3ccco3)nn2[C@H]2CCS(=O)(=O)C2)cc1C. The highest BCUT2D eigenvalue weighted by Crippen LogP contribution is 2.31. The third kappa shape index (κ3) is 4.12. The van der Waals surface area contributed by atoms with Crippen molar-refractivity contribution in [3.63, 3.8) is 0 Å². The van der Waals surface area contributed by atoms with Crippen molar-refractivity contribution in [3.8, 4) is 11.3 Å². The van der Waals surface area contributed by atoms with Gasteiger partial charge in [-0.1, -0.05) is 12.1 Å². The van der Waals surface area contributed by atoms with Gasteiger partial charge in [-0.3, -0.25) is 9.48 Å². The van der Waals surface area contributed by atoms with Crippen LogP contribution >= 0.6 is 0 Å². The number of hydrogen-bond acceptors (Lipinski definition) is 5. The van der Waals surface area contributed by atoms with Crippen molar-refractivity contribution in [2.45, 2.75) is 32.9 Å². The molecule has 29 heavy (non-hydrogen) atoms. The van der Waals surface area contributed by atoms with E-state index >= 15 is 0 Å². The Morgan fingerprint density at radius 2 is 2.07 bits per heavy atom. The molecule has 0 aliphatic carbocycles. The summed E-state index contributed by atoms with van der Waals surface area (Å²) in [7, 11) is -3.08. The summed E-state index contributed by atoms with van der Waals surface area (Å²) in [4.78, 5) is 12.7. The lowest BCUT2D eigenvalue weighted by Gasteiger charge is -2.14. The van der Waals surface area contributed by atoms with Gasteiger partial charge in [0.25, 0.3) is 5.91 Å². The second-order valence-corrected chi connectivity index (χ2v) is 9.71. The summed E-state index contributed by atoms with van der Waals surface area (Å²) in [5, 5.41) is 7.29. The van der Waals surface area contributed by atoms with Gasteiger partial charge in [-0.15, -0.1) is 0 Å². The lowest BCUT2D eigenvalue weighted by molar-refractivity contribution is 0.0942. The van der Waals surface area contributed by atoms with Crippen LogP contribution in [-0.4, -0.2) is 35.6 Å². The minimum Gasteiger partial charge on any atom is -0.467 e. The van der Waals surface area contributed by atoms with Crippen LogP contribution in [0.25, 0.3) is 11.3 Å². The lowest BCUT2D eigenvalue weighted by Crippen LogP contribution is -2.23. The maximum Gasteiger partial charge on any atom is 0.272 e. The maximum atomic E-state index is 12.7. The third-order valence-corrected chi connectivity index (χ3v) is 7.08. The summed E-state index contributed by atoms with van der Waals surface area (Å²) >= 11 is 0. The molecular weight excluding hydrogens is 390 g/mol. The summed E-state index contributed by atoms with van der Waals surface area (Å²) in [5.41, 5.74) is 4.21. The molecule has 0 spiro atoms. The van der Waals surface area contributed by atoms with Crippen molar-refractivity contribution in [3.05, 3.63) is 65.2 Å². The molecule has 1 aromatic carbocycles. The number of aryl methyl sites for hydroxylation is 2. The van der Waals surface area contributed by atoms with Crippen molar-refractivity contribution in [1.29, 1.82) is 0 Å². The highest BCUT2D eigenvalue weighted by atomic mass is 32.2. The van der Waals surface area contributed by atoms with Crippen molar-refractivity contribution in [1.82, 2.24) is 15.1 Å². The molecule has 1 aliphatic rings. The van der Waals surface area contributed by atoms with E-state index in [1.54, 1.807) is 29.1 Å². The van der Waals surface area contributed by atoms with Crippen LogP contribution in [0.1, 0.15) is 39.8 Å². The first-order valence-corrected chi connectivity index (χ1v) is 11.3. The summed E-state index contributed by atoms with van der Waals surface area (Å²) in [6, 6.07) is 11.0. The molecule has 1 aliphatic heterocycles. The lowest BCUT2D eigenvalue weighted by atomic mass is 10.0. The average Bonchev–Trinajstić information content (AvgIpc) is 3.41. The van der Waals surface area contributed by atoms with E-state index in [9.17, 15) is 13.2 Å². The Morgan fingerprint density at radius 1 is 1.24 bits per heavy atom. The number of hydrogen-bond donors (Lipinski definition) is 1. The van der Waals surface area contributed by atoms with Crippen LogP contribution in [0.3, 0.4) is 0 Å². The van der Waals surface area contributed by atoms with E-state index in [-0.39, 0.29) is 35.7 Å². The second kappa shape index (κ2) is 7.51. The van der Waals surface area contributed by atoms with Crippen LogP contribution in [0.4, 0.5) is 0 Å². The number of furan rings is 1. The number of amides is 1. The largest absolute Gasteiger partial charge is 0.467 e. The van der Waals surface area contributed by atoms with Crippen LogP contribution in [0, 0.1) is 13.8 Å². The molecule has 3 heterocycles. The van der Waals surface area contributed by atoms with Crippen molar-refractivity contribution in [2.75, 3.05) is 11.5 Å². The predicted octanol–water partition coefficient (Wildman–Crippen LogP) is 3.05. The Kier molecular flexibility index (Phi) is 5.04. The molecule has 3 aromatic rings. The molecule has 7 nitrogen and oxygen atoms in total. The third-order valence-electron chi connectivity index (χ3n) is 5.33. The topological polar surface area (TPSA) is 94.2 Å². The quantitative estimate of drug-likeness (QED) is 0.694. The van der Waals surface area contributed by atoms with Crippen LogP contribution in [0.5, 0.6) is 0 Å². The summed E-state index contributed by atoms with van der Waals surface area (Å²) in [5.74, 6) is 0.504. The average molecular weight is 413 g/mol. The first-order chi connectivity index (χ1) is 13.8. The minimum absolute atomic E-state index is 0.0416. The fourth-order valence-corrected chi connectivity index (χ4v) is 5.23. The Labute approximate surface area is 169 Å². The van der Waals surface area contributed by atoms with Gasteiger partial charge in [0.1, 0.15) is 5.76 Å². The van der Waals surface area contributed by atoms with Crippen molar-refractivity contribution < 1.29 is 17.6 Å². The molecule has 152 valence electrons. The maximum absolute atomic E-state index is 12.7. The highest BCUT2D eigenvalue weighted by molar-refractivity contribution is 7.91. The van der Waals surface area contributed by atoms with Crippen LogP contribution in [-0.2, 0) is 16.4 Å². The van der Waals surface area contributed by atoms with Gasteiger partial charge in [-0.05, 0) is 55.7 Å². The number of nitrogens with one attached hydrogen (secondary N) is 1. The van der Waals surface area contributed by atoms with E-state index in [0.29, 0.717) is 12.2 Å². The van der Waals surface area contributed by atoms with E-state index in [2.05, 4.69) is 10.4 Å². The fourth-order valence-electron chi connectivity index (χ4n) is 3.54. The van der Waals surface area contributed by atoms with Gasteiger partial charge in [-0.25, -0.2) is 8.42 Å². The molecule has 0 unspecified atom stereocenters. The monoisotopic (exact) mass is 413 g/mol. The fraction of sp³-hybridized carbons (Fsp3) is 0.333. The zero-order chi connectivity index (χ0) is 20.6. The van der Waals surface area contributed by atoms with Crippen LogP contribution in [0.2, 0.25) is 0 Å². The molecular formula is C21H23N3O4S. The number of carbonyl (C=O) groups is 1. The van der Waals surface area contributed by atoms with Gasteiger partial charge in [0.2, 0.25) is 0 Å². The Balaban J connectivity index is 1.68. The van der Waals surface area contributed by atoms with Gasteiger partial charge < -0.3 is 9.73 Å². The van der Waals surface area contributed by atoms with E-state index in [4.69, 9.17) is 4.42 Å². The summed E-state index contributed by atoms with van der Waals surface area (Å²) < 4.78 is 31.0. The van der Waals surface area contributed by atoms with Crippen LogP contribution < -0.4 is 5.32 Å². The number of rotatable bonds is 5. The molecule has 1 amide bonds. The number of carbonyl (C=O) groups excluding carboxylic acids is 1. The van der Waals surface area contributed by atoms with E-state index in [1.165, 1.54) is 5.56 Å². The highest BCUT2D eigenvalue weighted by Gasteiger charge is 2.32. The molecule has 1 saturated heterocycles. The normalized spacial score (nSPS) is 18.1. The number of benzene rings is 1. The number of sulfone groups is 1. The van der Waals surface area contributed by atoms with E-state index in [1.807, 2.05) is 32.0 Å². The molecule has 2 aromatic heterocycles. The Hall–Kier alpha value is -2.87. The molecule has 8 heteroatoms. The van der Waals surface area contributed by atoms with E-state index < -0.39 is 9.84 Å². The predicted molar refractivity (Wildman–Crippen MR) is 109 cm³/mol. The van der Waals surface area contributed by atoms with Gasteiger partial charge in [0.05, 0.1) is 36.0 Å². The molecule has 4 rings (SSSR count). The number of aromatic nitrogens is 2. The molecule has 1 N–H and O–H groups in total. The first-order valence-electron chi connectivity index (χ1n) is 9.50. The van der Waals surface area contributed by atoms with Crippen molar-refractivity contribution >= 4 is 15.7 Å². The van der Waals surface area contributed by atoms with Gasteiger partial charge >= 0.3 is 0 Å². The molecule has 0 radical (unpaired) electrons. The van der Waals surface area contributed by atoms with Crippen LogP contribution in [0.15, 0.2) is 47.1 Å². The Bertz CT molecular complexity index is 1150. The summed E-state index contributed by atoms with van der Waals surface area (Å²) in [6.45, 7) is 4.32. The smallest absolute Gasteiger partial charge is 0.272 e. The number of nitrogens with zero attached hydrogens (tertiary/aromatic N) is 2.